The first kappa shape index (κ1) is 17.1. The summed E-state index contributed by atoms with van der Waals surface area (Å²) in [6.45, 7) is 5.70. The molecule has 0 unspecified atom stereocenters. The SMILES string of the molecule is CCNCCCS(=O)(=O)NCCc1ccc(F)cc1C. The third-order valence-electron chi connectivity index (χ3n) is 3.04. The zero-order valence-electron chi connectivity index (χ0n) is 12.1. The van der Waals surface area contributed by atoms with E-state index in [2.05, 4.69) is 10.0 Å². The van der Waals surface area contributed by atoms with Crippen molar-refractivity contribution in [3.05, 3.63) is 35.1 Å². The van der Waals surface area contributed by atoms with Gasteiger partial charge >= 0.3 is 0 Å². The van der Waals surface area contributed by atoms with Gasteiger partial charge in [0.05, 0.1) is 5.75 Å². The molecule has 1 aromatic carbocycles. The third-order valence-corrected chi connectivity index (χ3v) is 4.51. The Morgan fingerprint density at radius 1 is 1.25 bits per heavy atom. The molecule has 0 aliphatic rings. The van der Waals surface area contributed by atoms with Crippen LogP contribution in [0.5, 0.6) is 0 Å². The maximum atomic E-state index is 12.9. The van der Waals surface area contributed by atoms with E-state index in [0.717, 1.165) is 17.7 Å². The molecule has 4 nitrogen and oxygen atoms in total. The summed E-state index contributed by atoms with van der Waals surface area (Å²) in [5, 5.41) is 3.09. The van der Waals surface area contributed by atoms with E-state index in [9.17, 15) is 12.8 Å². The van der Waals surface area contributed by atoms with Gasteiger partial charge in [0.15, 0.2) is 0 Å². The largest absolute Gasteiger partial charge is 0.317 e. The van der Waals surface area contributed by atoms with E-state index < -0.39 is 10.0 Å². The van der Waals surface area contributed by atoms with Crippen molar-refractivity contribution < 1.29 is 12.8 Å². The number of hydrogen-bond donors (Lipinski definition) is 2. The highest BCUT2D eigenvalue weighted by atomic mass is 32.2. The van der Waals surface area contributed by atoms with Crippen LogP contribution in [-0.4, -0.2) is 33.8 Å². The van der Waals surface area contributed by atoms with Gasteiger partial charge in [0.1, 0.15) is 5.82 Å². The van der Waals surface area contributed by atoms with Crippen molar-refractivity contribution in [2.45, 2.75) is 26.7 Å². The van der Waals surface area contributed by atoms with Crippen LogP contribution in [0.3, 0.4) is 0 Å². The van der Waals surface area contributed by atoms with Crippen LogP contribution >= 0.6 is 0 Å². The molecule has 0 aromatic heterocycles. The summed E-state index contributed by atoms with van der Waals surface area (Å²) >= 11 is 0. The predicted octanol–water partition coefficient (Wildman–Crippen LogP) is 1.60. The van der Waals surface area contributed by atoms with Gasteiger partial charge in [-0.05, 0) is 56.1 Å². The van der Waals surface area contributed by atoms with Gasteiger partial charge in [0, 0.05) is 6.54 Å². The standard InChI is InChI=1S/C14H23FN2O2S/c1-3-16-8-4-10-20(18,19)17-9-7-13-5-6-14(15)11-12(13)2/h5-6,11,16-17H,3-4,7-10H2,1-2H3. The van der Waals surface area contributed by atoms with Crippen molar-refractivity contribution in [1.29, 1.82) is 0 Å². The van der Waals surface area contributed by atoms with E-state index in [1.807, 2.05) is 13.8 Å². The Hall–Kier alpha value is -0.980. The number of sulfonamides is 1. The van der Waals surface area contributed by atoms with E-state index >= 15 is 0 Å². The highest BCUT2D eigenvalue weighted by Crippen LogP contribution is 2.10. The van der Waals surface area contributed by atoms with Gasteiger partial charge in [-0.25, -0.2) is 17.5 Å². The maximum absolute atomic E-state index is 12.9. The first-order chi connectivity index (χ1) is 9.44. The normalized spacial score (nSPS) is 11.8. The van der Waals surface area contributed by atoms with Gasteiger partial charge in [-0.1, -0.05) is 13.0 Å². The van der Waals surface area contributed by atoms with E-state index in [1.54, 1.807) is 6.07 Å². The number of benzene rings is 1. The fourth-order valence-corrected chi connectivity index (χ4v) is 3.00. The molecule has 2 N–H and O–H groups in total. The monoisotopic (exact) mass is 302 g/mol. The van der Waals surface area contributed by atoms with Crippen LogP contribution in [0.1, 0.15) is 24.5 Å². The number of hydrogen-bond acceptors (Lipinski definition) is 3. The summed E-state index contributed by atoms with van der Waals surface area (Å²) in [5.74, 6) is -0.141. The molecule has 0 aliphatic heterocycles. The molecule has 0 saturated carbocycles. The van der Waals surface area contributed by atoms with Crippen molar-refractivity contribution in [3.63, 3.8) is 0 Å². The molecule has 0 atom stereocenters. The molecule has 0 amide bonds. The summed E-state index contributed by atoms with van der Waals surface area (Å²) in [4.78, 5) is 0. The molecule has 6 heteroatoms. The lowest BCUT2D eigenvalue weighted by atomic mass is 10.1. The fraction of sp³-hybridized carbons (Fsp3) is 0.571. The summed E-state index contributed by atoms with van der Waals surface area (Å²) in [5.41, 5.74) is 1.80. The summed E-state index contributed by atoms with van der Waals surface area (Å²) < 4.78 is 39.0. The topological polar surface area (TPSA) is 58.2 Å². The summed E-state index contributed by atoms with van der Waals surface area (Å²) in [6, 6.07) is 4.55. The number of rotatable bonds is 9. The lowest BCUT2D eigenvalue weighted by Crippen LogP contribution is -2.30. The average Bonchev–Trinajstić information content (AvgIpc) is 2.37. The van der Waals surface area contributed by atoms with E-state index in [4.69, 9.17) is 0 Å². The van der Waals surface area contributed by atoms with Crippen molar-refractivity contribution in [2.24, 2.45) is 0 Å². The van der Waals surface area contributed by atoms with Crippen molar-refractivity contribution >= 4 is 10.0 Å². The molecular formula is C14H23FN2O2S. The van der Waals surface area contributed by atoms with Gasteiger partial charge in [0.25, 0.3) is 0 Å². The van der Waals surface area contributed by atoms with Crippen LogP contribution < -0.4 is 10.0 Å². The molecule has 114 valence electrons. The Morgan fingerprint density at radius 2 is 2.00 bits per heavy atom. The Morgan fingerprint density at radius 3 is 2.65 bits per heavy atom. The molecule has 20 heavy (non-hydrogen) atoms. The first-order valence-electron chi connectivity index (χ1n) is 6.87. The average molecular weight is 302 g/mol. The lowest BCUT2D eigenvalue weighted by Gasteiger charge is -2.09. The number of nitrogens with one attached hydrogen (secondary N) is 2. The van der Waals surface area contributed by atoms with E-state index in [1.165, 1.54) is 12.1 Å². The maximum Gasteiger partial charge on any atom is 0.211 e. The molecule has 1 aromatic rings. The molecule has 0 fully saturated rings. The zero-order chi connectivity index (χ0) is 15.0. The van der Waals surface area contributed by atoms with Crippen LogP contribution in [0.4, 0.5) is 4.39 Å². The van der Waals surface area contributed by atoms with Crippen molar-refractivity contribution in [3.8, 4) is 0 Å². The molecule has 0 bridgehead atoms. The van der Waals surface area contributed by atoms with Crippen LogP contribution in [0.2, 0.25) is 0 Å². The quantitative estimate of drug-likeness (QED) is 0.681. The smallest absolute Gasteiger partial charge is 0.211 e. The van der Waals surface area contributed by atoms with Crippen LogP contribution in [0, 0.1) is 12.7 Å². The van der Waals surface area contributed by atoms with Gasteiger partial charge in [-0.15, -0.1) is 0 Å². The molecule has 0 radical (unpaired) electrons. The fourth-order valence-electron chi connectivity index (χ4n) is 1.92. The lowest BCUT2D eigenvalue weighted by molar-refractivity contribution is 0.575. The highest BCUT2D eigenvalue weighted by molar-refractivity contribution is 7.89. The number of halogens is 1. The second kappa shape index (κ2) is 8.34. The molecule has 0 saturated heterocycles. The van der Waals surface area contributed by atoms with E-state index in [-0.39, 0.29) is 11.6 Å². The second-order valence-corrected chi connectivity index (χ2v) is 6.67. The second-order valence-electron chi connectivity index (χ2n) is 4.74. The first-order valence-corrected chi connectivity index (χ1v) is 8.53. The van der Waals surface area contributed by atoms with Crippen LogP contribution in [0.25, 0.3) is 0 Å². The summed E-state index contributed by atoms with van der Waals surface area (Å²) in [6.07, 6.45) is 1.16. The van der Waals surface area contributed by atoms with Gasteiger partial charge < -0.3 is 5.32 Å². The van der Waals surface area contributed by atoms with Crippen LogP contribution in [0.15, 0.2) is 18.2 Å². The molecule has 0 heterocycles. The van der Waals surface area contributed by atoms with Crippen LogP contribution in [-0.2, 0) is 16.4 Å². The zero-order valence-corrected chi connectivity index (χ0v) is 12.9. The van der Waals surface area contributed by atoms with Gasteiger partial charge in [-0.2, -0.15) is 0 Å². The molecule has 0 spiro atoms. The minimum Gasteiger partial charge on any atom is -0.317 e. The van der Waals surface area contributed by atoms with Gasteiger partial charge in [-0.3, -0.25) is 0 Å². The minimum absolute atomic E-state index is 0.127. The Labute approximate surface area is 120 Å². The van der Waals surface area contributed by atoms with Gasteiger partial charge in [0.2, 0.25) is 10.0 Å². The Kier molecular flexibility index (Phi) is 7.12. The Bertz CT molecular complexity index is 518. The predicted molar refractivity (Wildman–Crippen MR) is 79.8 cm³/mol. The summed E-state index contributed by atoms with van der Waals surface area (Å²) in [7, 11) is -3.22. The number of aryl methyl sites for hydroxylation is 1. The van der Waals surface area contributed by atoms with Crippen molar-refractivity contribution in [1.82, 2.24) is 10.0 Å². The molecule has 0 aliphatic carbocycles. The minimum atomic E-state index is -3.22. The van der Waals surface area contributed by atoms with E-state index in [0.29, 0.717) is 25.9 Å². The van der Waals surface area contributed by atoms with Crippen molar-refractivity contribution in [2.75, 3.05) is 25.4 Å². The third kappa shape index (κ3) is 6.45. The molecular weight excluding hydrogens is 279 g/mol. The highest BCUT2D eigenvalue weighted by Gasteiger charge is 2.09. The Balaban J connectivity index is 2.35. The molecule has 1 rings (SSSR count).